The zero-order valence-corrected chi connectivity index (χ0v) is 12.6. The molecule has 0 bridgehead atoms. The van der Waals surface area contributed by atoms with Gasteiger partial charge in [-0.15, -0.1) is 11.3 Å². The van der Waals surface area contributed by atoms with E-state index in [9.17, 15) is 8.42 Å². The van der Waals surface area contributed by atoms with Crippen LogP contribution in [0.5, 0.6) is 0 Å². The molecule has 0 radical (unpaired) electrons. The predicted octanol–water partition coefficient (Wildman–Crippen LogP) is 2.07. The molecule has 2 rings (SSSR count). The summed E-state index contributed by atoms with van der Waals surface area (Å²) in [6.07, 6.45) is 2.02. The maximum atomic E-state index is 12.3. The average Bonchev–Trinajstić information content (AvgIpc) is 2.99. The van der Waals surface area contributed by atoms with E-state index in [2.05, 4.69) is 9.71 Å². The Labute approximate surface area is 122 Å². The van der Waals surface area contributed by atoms with Crippen LogP contribution in [-0.4, -0.2) is 18.5 Å². The van der Waals surface area contributed by atoms with Crippen molar-refractivity contribution in [3.63, 3.8) is 0 Å². The second-order valence-corrected chi connectivity index (χ2v) is 6.90. The largest absolute Gasteiger partial charge is 0.392 e. The van der Waals surface area contributed by atoms with Gasteiger partial charge in [-0.05, 0) is 29.5 Å². The first kappa shape index (κ1) is 15.1. The molecule has 0 aliphatic heterocycles. The lowest BCUT2D eigenvalue weighted by molar-refractivity contribution is 0.281. The fourth-order valence-electron chi connectivity index (χ4n) is 1.74. The maximum absolute atomic E-state index is 12.3. The van der Waals surface area contributed by atoms with Crippen LogP contribution in [-0.2, 0) is 16.6 Å². The highest BCUT2D eigenvalue weighted by atomic mass is 32.2. The Kier molecular flexibility index (Phi) is 4.87. The van der Waals surface area contributed by atoms with Crippen molar-refractivity contribution in [2.24, 2.45) is 0 Å². The number of nitrogens with zero attached hydrogens (tertiary/aromatic N) is 1. The number of hydrogen-bond acceptors (Lipinski definition) is 5. The van der Waals surface area contributed by atoms with Crippen molar-refractivity contribution in [2.75, 3.05) is 0 Å². The highest BCUT2D eigenvalue weighted by Gasteiger charge is 2.21. The van der Waals surface area contributed by atoms with Gasteiger partial charge in [0, 0.05) is 11.1 Å². The van der Waals surface area contributed by atoms with Crippen molar-refractivity contribution in [2.45, 2.75) is 31.0 Å². The van der Waals surface area contributed by atoms with E-state index in [0.29, 0.717) is 12.0 Å². The lowest BCUT2D eigenvalue weighted by Gasteiger charge is -2.15. The maximum Gasteiger partial charge on any atom is 0.258 e. The van der Waals surface area contributed by atoms with Crippen molar-refractivity contribution in [1.29, 1.82) is 0 Å². The molecule has 0 spiro atoms. The summed E-state index contributed by atoms with van der Waals surface area (Å²) in [4.78, 5) is 4.86. The number of aliphatic hydroxyl groups excluding tert-OH is 1. The fourth-order valence-corrected chi connectivity index (χ4v) is 3.91. The molecule has 0 fully saturated rings. The van der Waals surface area contributed by atoms with Crippen molar-refractivity contribution in [1.82, 2.24) is 9.71 Å². The van der Waals surface area contributed by atoms with Crippen LogP contribution in [0.1, 0.15) is 29.8 Å². The lowest BCUT2D eigenvalue weighted by Crippen LogP contribution is -2.28. The van der Waals surface area contributed by atoms with Crippen LogP contribution in [0.15, 0.2) is 40.9 Å². The molecule has 2 heterocycles. The molecule has 108 valence electrons. The van der Waals surface area contributed by atoms with Gasteiger partial charge in [0.2, 0.25) is 0 Å². The van der Waals surface area contributed by atoms with Crippen LogP contribution in [0, 0.1) is 0 Å². The van der Waals surface area contributed by atoms with Crippen LogP contribution < -0.4 is 4.72 Å². The molecule has 0 saturated heterocycles. The molecule has 5 nitrogen and oxygen atoms in total. The summed E-state index contributed by atoms with van der Waals surface area (Å²) >= 11 is 1.52. The van der Waals surface area contributed by atoms with Gasteiger partial charge in [-0.2, -0.15) is 0 Å². The van der Waals surface area contributed by atoms with Gasteiger partial charge in [0.1, 0.15) is 0 Å². The number of nitrogens with one attached hydrogen (secondary N) is 1. The van der Waals surface area contributed by atoms with Crippen LogP contribution in [0.2, 0.25) is 0 Å². The molecular weight excluding hydrogens is 296 g/mol. The van der Waals surface area contributed by atoms with Crippen LogP contribution in [0.3, 0.4) is 0 Å². The molecule has 0 aliphatic carbocycles. The third-order valence-electron chi connectivity index (χ3n) is 2.85. The molecule has 2 N–H and O–H groups in total. The Balaban J connectivity index is 2.21. The minimum Gasteiger partial charge on any atom is -0.392 e. The van der Waals surface area contributed by atoms with Crippen molar-refractivity contribution >= 4 is 21.4 Å². The third kappa shape index (κ3) is 3.43. The minimum absolute atomic E-state index is 0.0373. The van der Waals surface area contributed by atoms with Crippen LogP contribution in [0.4, 0.5) is 0 Å². The highest BCUT2D eigenvalue weighted by molar-refractivity contribution is 7.89. The van der Waals surface area contributed by atoms with Gasteiger partial charge in [-0.1, -0.05) is 19.1 Å². The molecule has 2 aromatic rings. The summed E-state index contributed by atoms with van der Waals surface area (Å²) in [5.74, 6) is 0. The van der Waals surface area contributed by atoms with E-state index in [1.807, 2.05) is 24.4 Å². The number of aliphatic hydroxyl groups is 1. The Morgan fingerprint density at radius 3 is 2.70 bits per heavy atom. The second kappa shape index (κ2) is 6.45. The monoisotopic (exact) mass is 312 g/mol. The van der Waals surface area contributed by atoms with Gasteiger partial charge in [0.05, 0.1) is 12.6 Å². The second-order valence-electron chi connectivity index (χ2n) is 4.26. The Morgan fingerprint density at radius 1 is 1.40 bits per heavy atom. The molecule has 0 amide bonds. The summed E-state index contributed by atoms with van der Waals surface area (Å²) < 4.78 is 27.2. The number of thiophene rings is 1. The van der Waals surface area contributed by atoms with E-state index in [0.717, 1.165) is 4.88 Å². The Bertz CT molecular complexity index is 637. The number of aromatic nitrogens is 1. The standard InChI is InChI=1S/C13H16N2O3S2/c1-2-11(12-4-3-7-19-12)15-20(17,18)13-6-5-10(9-16)8-14-13/h3-8,11,15-16H,2,9H2,1H3. The Morgan fingerprint density at radius 2 is 2.20 bits per heavy atom. The van der Waals surface area contributed by atoms with Crippen LogP contribution in [0.25, 0.3) is 0 Å². The lowest BCUT2D eigenvalue weighted by atomic mass is 10.2. The normalized spacial score (nSPS) is 13.3. The summed E-state index contributed by atoms with van der Waals surface area (Å²) in [5.41, 5.74) is 0.578. The van der Waals surface area contributed by atoms with Gasteiger partial charge in [-0.3, -0.25) is 0 Å². The quantitative estimate of drug-likeness (QED) is 0.856. The smallest absolute Gasteiger partial charge is 0.258 e. The molecular formula is C13H16N2O3S2. The highest BCUT2D eigenvalue weighted by Crippen LogP contribution is 2.23. The van der Waals surface area contributed by atoms with Crippen LogP contribution >= 0.6 is 11.3 Å². The third-order valence-corrected chi connectivity index (χ3v) is 5.22. The van der Waals surface area contributed by atoms with Gasteiger partial charge in [0.15, 0.2) is 5.03 Å². The van der Waals surface area contributed by atoms with Crippen molar-refractivity contribution in [3.05, 3.63) is 46.3 Å². The first-order valence-electron chi connectivity index (χ1n) is 6.18. The Hall–Kier alpha value is -1.28. The van der Waals surface area contributed by atoms with E-state index in [1.165, 1.54) is 23.6 Å². The number of rotatable bonds is 6. The molecule has 1 unspecified atom stereocenters. The SMILES string of the molecule is CCC(NS(=O)(=O)c1ccc(CO)cn1)c1cccs1. The molecule has 7 heteroatoms. The summed E-state index contributed by atoms with van der Waals surface area (Å²) in [7, 11) is -3.66. The molecule has 1 atom stereocenters. The van der Waals surface area contributed by atoms with E-state index in [-0.39, 0.29) is 17.7 Å². The number of pyridine rings is 1. The fraction of sp³-hybridized carbons (Fsp3) is 0.308. The molecule has 0 aliphatic rings. The van der Waals surface area contributed by atoms with Gasteiger partial charge in [0.25, 0.3) is 10.0 Å². The van der Waals surface area contributed by atoms with Crippen molar-refractivity contribution < 1.29 is 13.5 Å². The average molecular weight is 312 g/mol. The predicted molar refractivity (Wildman–Crippen MR) is 77.8 cm³/mol. The summed E-state index contributed by atoms with van der Waals surface area (Å²) in [6, 6.07) is 6.50. The minimum atomic E-state index is -3.66. The number of hydrogen-bond donors (Lipinski definition) is 2. The topological polar surface area (TPSA) is 79.3 Å². The van der Waals surface area contributed by atoms with E-state index < -0.39 is 10.0 Å². The molecule has 2 aromatic heterocycles. The summed E-state index contributed by atoms with van der Waals surface area (Å²) in [6.45, 7) is 1.77. The van der Waals surface area contributed by atoms with Crippen molar-refractivity contribution in [3.8, 4) is 0 Å². The zero-order valence-electron chi connectivity index (χ0n) is 11.0. The zero-order chi connectivity index (χ0) is 14.6. The number of sulfonamides is 1. The van der Waals surface area contributed by atoms with Gasteiger partial charge < -0.3 is 5.11 Å². The van der Waals surface area contributed by atoms with E-state index in [1.54, 1.807) is 6.07 Å². The first-order chi connectivity index (χ1) is 9.56. The molecule has 0 aromatic carbocycles. The molecule has 20 heavy (non-hydrogen) atoms. The van der Waals surface area contributed by atoms with E-state index >= 15 is 0 Å². The van der Waals surface area contributed by atoms with Gasteiger partial charge in [-0.25, -0.2) is 18.1 Å². The summed E-state index contributed by atoms with van der Waals surface area (Å²) in [5, 5.41) is 10.8. The van der Waals surface area contributed by atoms with Gasteiger partial charge >= 0.3 is 0 Å². The first-order valence-corrected chi connectivity index (χ1v) is 8.54. The van der Waals surface area contributed by atoms with E-state index in [4.69, 9.17) is 5.11 Å². The molecule has 0 saturated carbocycles.